The summed E-state index contributed by atoms with van der Waals surface area (Å²) in [7, 11) is 0. The van der Waals surface area contributed by atoms with Crippen molar-refractivity contribution in [2.45, 2.75) is 13.0 Å². The van der Waals surface area contributed by atoms with Gasteiger partial charge in [0.25, 0.3) is 0 Å². The van der Waals surface area contributed by atoms with E-state index in [1.165, 1.54) is 0 Å². The summed E-state index contributed by atoms with van der Waals surface area (Å²) in [6, 6.07) is 0.482. The minimum Gasteiger partial charge on any atom is -0.379 e. The van der Waals surface area contributed by atoms with Crippen LogP contribution < -0.4 is 10.6 Å². The summed E-state index contributed by atoms with van der Waals surface area (Å²) in [4.78, 5) is 6.76. The highest BCUT2D eigenvalue weighted by Gasteiger charge is 2.13. The Bertz CT molecular complexity index is 231. The Morgan fingerprint density at radius 2 is 2.25 bits per heavy atom. The molecule has 2 aliphatic rings. The third-order valence-electron chi connectivity index (χ3n) is 2.73. The van der Waals surface area contributed by atoms with Crippen LogP contribution in [0.25, 0.3) is 0 Å². The van der Waals surface area contributed by atoms with Crippen LogP contribution in [-0.4, -0.2) is 62.8 Å². The van der Waals surface area contributed by atoms with Gasteiger partial charge < -0.3 is 15.4 Å². The maximum absolute atomic E-state index is 5.30. The van der Waals surface area contributed by atoms with Gasteiger partial charge in [-0.1, -0.05) is 0 Å². The lowest BCUT2D eigenvalue weighted by Crippen LogP contribution is -2.44. The third-order valence-corrected chi connectivity index (χ3v) is 2.73. The van der Waals surface area contributed by atoms with Gasteiger partial charge in [0, 0.05) is 32.2 Å². The normalized spacial score (nSPS) is 25.6. The topological polar surface area (TPSA) is 48.9 Å². The fraction of sp³-hybridized carbons (Fsp3) is 0.900. The van der Waals surface area contributed by atoms with E-state index in [1.807, 2.05) is 0 Å². The Morgan fingerprint density at radius 1 is 1.50 bits per heavy atom. The lowest BCUT2D eigenvalue weighted by Gasteiger charge is -2.26. The highest BCUT2D eigenvalue weighted by Crippen LogP contribution is 1.95. The summed E-state index contributed by atoms with van der Waals surface area (Å²) < 4.78 is 5.30. The van der Waals surface area contributed by atoms with Crippen molar-refractivity contribution < 1.29 is 4.74 Å². The fourth-order valence-corrected chi connectivity index (χ4v) is 1.82. The zero-order valence-electron chi connectivity index (χ0n) is 9.74. The monoisotopic (exact) mass is 340 g/mol. The lowest BCUT2D eigenvalue weighted by molar-refractivity contribution is 0.0389. The number of morpholine rings is 1. The fourth-order valence-electron chi connectivity index (χ4n) is 1.82. The molecule has 5 nitrogen and oxygen atoms in total. The molecule has 0 aromatic rings. The summed E-state index contributed by atoms with van der Waals surface area (Å²) in [5.74, 6) is 0.954. The van der Waals surface area contributed by atoms with Crippen LogP contribution in [0.2, 0.25) is 0 Å². The first-order valence-corrected chi connectivity index (χ1v) is 5.69. The Balaban J connectivity index is 0.00000128. The standard InChI is InChI=1S/C10H20N4O.HI/c1-9-8-12-10(13-9)11-2-3-14-4-6-15-7-5-14;/h9H,2-8H2,1H3,(H2,11,12,13);1H. The van der Waals surface area contributed by atoms with E-state index in [9.17, 15) is 0 Å². The van der Waals surface area contributed by atoms with Crippen LogP contribution in [-0.2, 0) is 4.74 Å². The number of guanidine groups is 1. The van der Waals surface area contributed by atoms with Gasteiger partial charge in [-0.3, -0.25) is 9.89 Å². The molecule has 94 valence electrons. The van der Waals surface area contributed by atoms with Gasteiger partial charge in [0.2, 0.25) is 0 Å². The van der Waals surface area contributed by atoms with Crippen molar-refractivity contribution in [1.82, 2.24) is 15.5 Å². The molecule has 0 bridgehead atoms. The molecule has 2 heterocycles. The first-order chi connectivity index (χ1) is 7.34. The van der Waals surface area contributed by atoms with E-state index >= 15 is 0 Å². The number of ether oxygens (including phenoxy) is 1. The number of nitrogens with zero attached hydrogens (tertiary/aromatic N) is 2. The van der Waals surface area contributed by atoms with Crippen LogP contribution in [0.5, 0.6) is 0 Å². The molecule has 0 spiro atoms. The van der Waals surface area contributed by atoms with Gasteiger partial charge in [-0.25, -0.2) is 0 Å². The molecule has 0 saturated carbocycles. The number of rotatable bonds is 3. The number of hydrogen-bond donors (Lipinski definition) is 2. The predicted molar refractivity (Wildman–Crippen MR) is 75.6 cm³/mol. The molecular formula is C10H21IN4O. The molecule has 0 amide bonds. The highest BCUT2D eigenvalue weighted by molar-refractivity contribution is 14.0. The molecule has 2 aliphatic heterocycles. The number of hydrogen-bond acceptors (Lipinski definition) is 5. The molecule has 0 radical (unpaired) electrons. The SMILES string of the molecule is CC1CN=C(NCCN2CCOCC2)N1.I. The molecule has 2 rings (SSSR count). The average molecular weight is 340 g/mol. The Labute approximate surface area is 114 Å². The van der Waals surface area contributed by atoms with Crippen LogP contribution >= 0.6 is 24.0 Å². The van der Waals surface area contributed by atoms with Crippen molar-refractivity contribution in [3.63, 3.8) is 0 Å². The first-order valence-electron chi connectivity index (χ1n) is 5.69. The van der Waals surface area contributed by atoms with E-state index in [-0.39, 0.29) is 24.0 Å². The van der Waals surface area contributed by atoms with Gasteiger partial charge >= 0.3 is 0 Å². The van der Waals surface area contributed by atoms with Crippen LogP contribution in [0.4, 0.5) is 0 Å². The van der Waals surface area contributed by atoms with Crippen molar-refractivity contribution >= 4 is 29.9 Å². The average Bonchev–Trinajstić information content (AvgIpc) is 2.66. The van der Waals surface area contributed by atoms with E-state index in [0.29, 0.717) is 6.04 Å². The molecule has 0 aromatic heterocycles. The second-order valence-electron chi connectivity index (χ2n) is 4.12. The number of aliphatic imine (C=N–C) groups is 1. The molecule has 1 atom stereocenters. The van der Waals surface area contributed by atoms with Crippen LogP contribution in [0.3, 0.4) is 0 Å². The van der Waals surface area contributed by atoms with E-state index in [0.717, 1.165) is 51.9 Å². The maximum Gasteiger partial charge on any atom is 0.191 e. The molecule has 1 unspecified atom stereocenters. The zero-order valence-corrected chi connectivity index (χ0v) is 12.1. The highest BCUT2D eigenvalue weighted by atomic mass is 127. The van der Waals surface area contributed by atoms with Crippen molar-refractivity contribution in [3.05, 3.63) is 0 Å². The van der Waals surface area contributed by atoms with Crippen molar-refractivity contribution in [2.24, 2.45) is 4.99 Å². The van der Waals surface area contributed by atoms with Gasteiger partial charge in [0.1, 0.15) is 0 Å². The quantitative estimate of drug-likeness (QED) is 0.703. The summed E-state index contributed by atoms with van der Waals surface area (Å²) in [6.07, 6.45) is 0. The van der Waals surface area contributed by atoms with E-state index < -0.39 is 0 Å². The van der Waals surface area contributed by atoms with Gasteiger partial charge in [-0.05, 0) is 6.92 Å². The van der Waals surface area contributed by atoms with Gasteiger partial charge in [0.05, 0.1) is 19.8 Å². The minimum atomic E-state index is 0. The van der Waals surface area contributed by atoms with E-state index in [4.69, 9.17) is 4.74 Å². The van der Waals surface area contributed by atoms with Gasteiger partial charge in [0.15, 0.2) is 5.96 Å². The smallest absolute Gasteiger partial charge is 0.191 e. The molecule has 0 aliphatic carbocycles. The third kappa shape index (κ3) is 4.42. The summed E-state index contributed by atoms with van der Waals surface area (Å²) >= 11 is 0. The zero-order chi connectivity index (χ0) is 10.5. The molecule has 1 fully saturated rings. The Hall–Kier alpha value is -0.0800. The second-order valence-corrected chi connectivity index (χ2v) is 4.12. The first kappa shape index (κ1) is 14.0. The molecule has 6 heteroatoms. The minimum absolute atomic E-state index is 0. The van der Waals surface area contributed by atoms with Crippen LogP contribution in [0.15, 0.2) is 4.99 Å². The summed E-state index contributed by atoms with van der Waals surface area (Å²) in [6.45, 7) is 8.90. The Morgan fingerprint density at radius 3 is 2.88 bits per heavy atom. The molecule has 0 aromatic carbocycles. The van der Waals surface area contributed by atoms with Crippen molar-refractivity contribution in [2.75, 3.05) is 45.9 Å². The maximum atomic E-state index is 5.30. The summed E-state index contributed by atoms with van der Waals surface area (Å²) in [5, 5.41) is 6.60. The Kier molecular flexibility index (Phi) is 6.37. The van der Waals surface area contributed by atoms with Gasteiger partial charge in [-0.2, -0.15) is 0 Å². The predicted octanol–water partition coefficient (Wildman–Crippen LogP) is -0.126. The largest absolute Gasteiger partial charge is 0.379 e. The second kappa shape index (κ2) is 7.29. The van der Waals surface area contributed by atoms with Crippen molar-refractivity contribution in [3.8, 4) is 0 Å². The van der Waals surface area contributed by atoms with Crippen LogP contribution in [0.1, 0.15) is 6.92 Å². The molecule has 2 N–H and O–H groups in total. The van der Waals surface area contributed by atoms with E-state index in [2.05, 4.69) is 27.4 Å². The van der Waals surface area contributed by atoms with Gasteiger partial charge in [-0.15, -0.1) is 24.0 Å². The van der Waals surface area contributed by atoms with Crippen molar-refractivity contribution in [1.29, 1.82) is 0 Å². The van der Waals surface area contributed by atoms with Crippen LogP contribution in [0, 0.1) is 0 Å². The number of nitrogens with one attached hydrogen (secondary N) is 2. The number of halogens is 1. The summed E-state index contributed by atoms with van der Waals surface area (Å²) in [5.41, 5.74) is 0. The molecule has 1 saturated heterocycles. The molecular weight excluding hydrogens is 319 g/mol. The lowest BCUT2D eigenvalue weighted by atomic mass is 10.4. The molecule has 16 heavy (non-hydrogen) atoms. The van der Waals surface area contributed by atoms with E-state index in [1.54, 1.807) is 0 Å².